The average molecular weight is 329 g/mol. The van der Waals surface area contributed by atoms with Crippen LogP contribution < -0.4 is 0 Å². The molecule has 3 aliphatic rings. The Bertz CT molecular complexity index is 645. The normalized spacial score (nSPS) is 25.9. The van der Waals surface area contributed by atoms with Gasteiger partial charge in [0.2, 0.25) is 5.91 Å². The second kappa shape index (κ2) is 6.20. The molecule has 1 aromatic carbocycles. The maximum absolute atomic E-state index is 13.4. The summed E-state index contributed by atoms with van der Waals surface area (Å²) in [6.45, 7) is 2.38. The molecule has 24 heavy (non-hydrogen) atoms. The van der Waals surface area contributed by atoms with Gasteiger partial charge in [-0.3, -0.25) is 4.79 Å². The summed E-state index contributed by atoms with van der Waals surface area (Å²) in [6.07, 6.45) is 4.69. The van der Waals surface area contributed by atoms with E-state index in [1.54, 1.807) is 6.07 Å². The number of ether oxygens (including phenoxy) is 2. The van der Waals surface area contributed by atoms with Gasteiger partial charge in [-0.1, -0.05) is 24.6 Å². The third-order valence-corrected chi connectivity index (χ3v) is 5.58. The molecule has 1 saturated heterocycles. The lowest BCUT2D eigenvalue weighted by Crippen LogP contribution is -2.54. The molecule has 5 heteroatoms. The van der Waals surface area contributed by atoms with Crippen LogP contribution in [0.4, 0.5) is 0 Å². The zero-order chi connectivity index (χ0) is 16.6. The van der Waals surface area contributed by atoms with Crippen molar-refractivity contribution in [2.45, 2.75) is 43.6 Å². The number of hydrogen-bond acceptors (Lipinski definition) is 4. The number of amides is 1. The van der Waals surface area contributed by atoms with Crippen molar-refractivity contribution in [1.29, 1.82) is 0 Å². The number of hydrogen-bond donors (Lipinski definition) is 0. The molecule has 0 unspecified atom stereocenters. The zero-order valence-electron chi connectivity index (χ0n) is 13.8. The van der Waals surface area contributed by atoms with Gasteiger partial charge in [-0.15, -0.1) is 0 Å². The first-order chi connectivity index (χ1) is 11.7. The highest BCUT2D eigenvalue weighted by molar-refractivity contribution is 5.98. The summed E-state index contributed by atoms with van der Waals surface area (Å²) in [6, 6.07) is 7.44. The van der Waals surface area contributed by atoms with Crippen molar-refractivity contribution in [2.75, 3.05) is 26.3 Å². The molecule has 1 atom stereocenters. The van der Waals surface area contributed by atoms with Crippen molar-refractivity contribution in [1.82, 2.24) is 4.90 Å². The molecule has 2 fully saturated rings. The van der Waals surface area contributed by atoms with Crippen LogP contribution in [0.1, 0.15) is 53.9 Å². The molecule has 128 valence electrons. The van der Waals surface area contributed by atoms with Crippen LogP contribution in [0.25, 0.3) is 0 Å². The monoisotopic (exact) mass is 329 g/mol. The summed E-state index contributed by atoms with van der Waals surface area (Å²) in [4.78, 5) is 27.8. The molecule has 1 saturated carbocycles. The van der Waals surface area contributed by atoms with Crippen LogP contribution in [0.3, 0.4) is 0 Å². The van der Waals surface area contributed by atoms with Gasteiger partial charge < -0.3 is 14.4 Å². The number of fused-ring (bicyclic) bond motifs is 1. The largest absolute Gasteiger partial charge is 0.454 e. The van der Waals surface area contributed by atoms with Crippen molar-refractivity contribution in [3.8, 4) is 0 Å². The van der Waals surface area contributed by atoms with E-state index in [0.29, 0.717) is 31.9 Å². The van der Waals surface area contributed by atoms with Gasteiger partial charge >= 0.3 is 5.97 Å². The Hall–Kier alpha value is -1.88. The number of benzene rings is 1. The molecule has 0 bridgehead atoms. The molecule has 5 nitrogen and oxygen atoms in total. The highest BCUT2D eigenvalue weighted by atomic mass is 16.6. The molecule has 0 aromatic heterocycles. The SMILES string of the molecule is O=C1OC2(CCCCC2)[C@H](C(=O)N2CCOCC2)c2ccccc21. The lowest BCUT2D eigenvalue weighted by Gasteiger charge is -2.47. The second-order valence-electron chi connectivity index (χ2n) is 6.97. The molecule has 1 aliphatic carbocycles. The quantitative estimate of drug-likeness (QED) is 0.743. The molecule has 4 rings (SSSR count). The highest BCUT2D eigenvalue weighted by Crippen LogP contribution is 2.48. The molecule has 0 radical (unpaired) electrons. The van der Waals surface area contributed by atoms with Crippen LogP contribution in [-0.4, -0.2) is 48.7 Å². The van der Waals surface area contributed by atoms with E-state index in [2.05, 4.69) is 0 Å². The zero-order valence-corrected chi connectivity index (χ0v) is 13.8. The molecular formula is C19H23NO4. The summed E-state index contributed by atoms with van der Waals surface area (Å²) in [7, 11) is 0. The number of rotatable bonds is 1. The minimum atomic E-state index is -0.668. The minimum absolute atomic E-state index is 0.0835. The summed E-state index contributed by atoms with van der Waals surface area (Å²) in [5.74, 6) is -0.580. The van der Waals surface area contributed by atoms with Gasteiger partial charge in [0.05, 0.1) is 18.8 Å². The second-order valence-corrected chi connectivity index (χ2v) is 6.97. The number of morpholine rings is 1. The van der Waals surface area contributed by atoms with Gasteiger partial charge in [0.1, 0.15) is 11.5 Å². The molecule has 0 N–H and O–H groups in total. The topological polar surface area (TPSA) is 55.8 Å². The Morgan fingerprint density at radius 2 is 1.79 bits per heavy atom. The fourth-order valence-electron chi connectivity index (χ4n) is 4.38. The molecule has 2 heterocycles. The Balaban J connectivity index is 1.77. The van der Waals surface area contributed by atoms with E-state index in [1.165, 1.54) is 0 Å². The Labute approximate surface area is 141 Å². The summed E-state index contributed by atoms with van der Waals surface area (Å²) < 4.78 is 11.3. The summed E-state index contributed by atoms with van der Waals surface area (Å²) in [5.41, 5.74) is 0.714. The first kappa shape index (κ1) is 15.6. The lowest BCUT2D eigenvalue weighted by atomic mass is 9.69. The molecule has 2 aliphatic heterocycles. The smallest absolute Gasteiger partial charge is 0.339 e. The Morgan fingerprint density at radius 3 is 2.54 bits per heavy atom. The van der Waals surface area contributed by atoms with Crippen LogP contribution in [0, 0.1) is 0 Å². The van der Waals surface area contributed by atoms with E-state index in [9.17, 15) is 9.59 Å². The standard InChI is InChI=1S/C19H23NO4/c21-17(20-10-12-23-13-11-20)16-14-6-2-3-7-15(14)18(22)24-19(16)8-4-1-5-9-19/h2-3,6-7,16H,1,4-5,8-13H2/t16-/m0/s1. The van der Waals surface area contributed by atoms with Crippen LogP contribution >= 0.6 is 0 Å². The molecule has 1 spiro atoms. The first-order valence-corrected chi connectivity index (χ1v) is 8.90. The predicted octanol–water partition coefficient (Wildman–Crippen LogP) is 2.50. The van der Waals surface area contributed by atoms with Crippen molar-refractivity contribution in [3.63, 3.8) is 0 Å². The van der Waals surface area contributed by atoms with E-state index in [1.807, 2.05) is 23.1 Å². The average Bonchev–Trinajstić information content (AvgIpc) is 2.63. The van der Waals surface area contributed by atoms with Gasteiger partial charge in [0, 0.05) is 13.1 Å². The molecule has 1 amide bonds. The fourth-order valence-corrected chi connectivity index (χ4v) is 4.38. The van der Waals surface area contributed by atoms with Gasteiger partial charge in [0.25, 0.3) is 0 Å². The van der Waals surface area contributed by atoms with Gasteiger partial charge in [-0.05, 0) is 37.3 Å². The fraction of sp³-hybridized carbons (Fsp3) is 0.579. The van der Waals surface area contributed by atoms with Gasteiger partial charge in [0.15, 0.2) is 0 Å². The van der Waals surface area contributed by atoms with Crippen molar-refractivity contribution < 1.29 is 19.1 Å². The van der Waals surface area contributed by atoms with Crippen LogP contribution in [0.15, 0.2) is 24.3 Å². The Morgan fingerprint density at radius 1 is 1.08 bits per heavy atom. The number of carbonyl (C=O) groups excluding carboxylic acids is 2. The maximum Gasteiger partial charge on any atom is 0.339 e. The summed E-state index contributed by atoms with van der Waals surface area (Å²) >= 11 is 0. The lowest BCUT2D eigenvalue weighted by molar-refractivity contribution is -0.147. The molecular weight excluding hydrogens is 306 g/mol. The van der Waals surface area contributed by atoms with E-state index in [4.69, 9.17) is 9.47 Å². The van der Waals surface area contributed by atoms with Crippen molar-refractivity contribution >= 4 is 11.9 Å². The first-order valence-electron chi connectivity index (χ1n) is 8.90. The van der Waals surface area contributed by atoms with Gasteiger partial charge in [-0.2, -0.15) is 0 Å². The van der Waals surface area contributed by atoms with Crippen molar-refractivity contribution in [2.24, 2.45) is 0 Å². The van der Waals surface area contributed by atoms with E-state index in [0.717, 1.165) is 37.7 Å². The van der Waals surface area contributed by atoms with Crippen LogP contribution in [0.5, 0.6) is 0 Å². The van der Waals surface area contributed by atoms with Crippen LogP contribution in [-0.2, 0) is 14.3 Å². The van der Waals surface area contributed by atoms with Crippen molar-refractivity contribution in [3.05, 3.63) is 35.4 Å². The van der Waals surface area contributed by atoms with E-state index >= 15 is 0 Å². The predicted molar refractivity (Wildman–Crippen MR) is 87.8 cm³/mol. The third kappa shape index (κ3) is 2.51. The minimum Gasteiger partial charge on any atom is -0.454 e. The maximum atomic E-state index is 13.4. The number of nitrogens with zero attached hydrogens (tertiary/aromatic N) is 1. The molecule has 1 aromatic rings. The van der Waals surface area contributed by atoms with Gasteiger partial charge in [-0.25, -0.2) is 4.79 Å². The number of carbonyl (C=O) groups is 2. The third-order valence-electron chi connectivity index (χ3n) is 5.58. The number of esters is 1. The van der Waals surface area contributed by atoms with E-state index in [-0.39, 0.29) is 17.8 Å². The van der Waals surface area contributed by atoms with Crippen LogP contribution in [0.2, 0.25) is 0 Å². The Kier molecular flexibility index (Phi) is 4.04. The summed E-state index contributed by atoms with van der Waals surface area (Å²) in [5, 5.41) is 0. The highest BCUT2D eigenvalue weighted by Gasteiger charge is 2.53. The van der Waals surface area contributed by atoms with E-state index < -0.39 is 5.60 Å².